The molecule has 0 aromatic heterocycles. The highest BCUT2D eigenvalue weighted by molar-refractivity contribution is 5.56. The highest BCUT2D eigenvalue weighted by Gasteiger charge is 2.18. The Morgan fingerprint density at radius 2 is 1.38 bits per heavy atom. The van der Waals surface area contributed by atoms with E-state index >= 15 is 0 Å². The van der Waals surface area contributed by atoms with Crippen LogP contribution in [0.25, 0.3) is 0 Å². The highest BCUT2D eigenvalue weighted by atomic mass is 16.1. The summed E-state index contributed by atoms with van der Waals surface area (Å²) in [6.45, 7) is 12.8. The summed E-state index contributed by atoms with van der Waals surface area (Å²) in [5.41, 5.74) is 0. The topological polar surface area (TPSA) is 29.1 Å². The molecular weight excluding hydrogens is 198 g/mol. The summed E-state index contributed by atoms with van der Waals surface area (Å²) in [7, 11) is 0. The Labute approximate surface area is 102 Å². The van der Waals surface area contributed by atoms with E-state index in [1.54, 1.807) is 0 Å². The fourth-order valence-corrected chi connectivity index (χ4v) is 1.20. The Kier molecular flexibility index (Phi) is 16.5. The number of hydrogen-bond donors (Lipinski definition) is 1. The first-order valence-electron chi connectivity index (χ1n) is 6.99. The second-order valence-corrected chi connectivity index (χ2v) is 3.91. The average molecular weight is 229 g/mol. The third kappa shape index (κ3) is 13.6. The van der Waals surface area contributed by atoms with Gasteiger partial charge in [0.1, 0.15) is 6.29 Å². The van der Waals surface area contributed by atoms with Crippen LogP contribution in [0, 0.1) is 11.8 Å². The molecule has 0 aromatic rings. The SMILES string of the molecule is CC.CC.CC1CCNCC1.O=CC1CC1. The van der Waals surface area contributed by atoms with Gasteiger partial charge in [0, 0.05) is 5.92 Å². The van der Waals surface area contributed by atoms with Gasteiger partial charge in [0.25, 0.3) is 0 Å². The third-order valence-electron chi connectivity index (χ3n) is 2.44. The van der Waals surface area contributed by atoms with Crippen molar-refractivity contribution in [2.45, 2.75) is 60.3 Å². The number of rotatable bonds is 1. The van der Waals surface area contributed by atoms with Crippen molar-refractivity contribution in [1.82, 2.24) is 5.32 Å². The maximum Gasteiger partial charge on any atom is 0.123 e. The van der Waals surface area contributed by atoms with Crippen molar-refractivity contribution in [2.75, 3.05) is 13.1 Å². The number of hydrogen-bond acceptors (Lipinski definition) is 2. The summed E-state index contributed by atoms with van der Waals surface area (Å²) in [5, 5.41) is 3.32. The minimum atomic E-state index is 0.454. The molecule has 1 aliphatic carbocycles. The quantitative estimate of drug-likeness (QED) is 0.695. The van der Waals surface area contributed by atoms with Crippen LogP contribution in [0.3, 0.4) is 0 Å². The van der Waals surface area contributed by atoms with E-state index in [2.05, 4.69) is 12.2 Å². The van der Waals surface area contributed by atoms with Gasteiger partial charge in [0.05, 0.1) is 0 Å². The number of piperidine rings is 1. The summed E-state index contributed by atoms with van der Waals surface area (Å²) in [6, 6.07) is 0. The van der Waals surface area contributed by atoms with Crippen molar-refractivity contribution in [3.05, 3.63) is 0 Å². The smallest absolute Gasteiger partial charge is 0.123 e. The minimum Gasteiger partial charge on any atom is -0.317 e. The Balaban J connectivity index is 0. The lowest BCUT2D eigenvalue weighted by Gasteiger charge is -2.17. The average Bonchev–Trinajstić information content (AvgIpc) is 3.20. The Morgan fingerprint density at radius 3 is 1.50 bits per heavy atom. The lowest BCUT2D eigenvalue weighted by molar-refractivity contribution is -0.108. The molecule has 2 nitrogen and oxygen atoms in total. The van der Waals surface area contributed by atoms with Crippen LogP contribution >= 0.6 is 0 Å². The summed E-state index contributed by atoms with van der Waals surface area (Å²) in [4.78, 5) is 9.57. The van der Waals surface area contributed by atoms with Crippen LogP contribution < -0.4 is 5.32 Å². The molecule has 0 spiro atoms. The molecule has 0 unspecified atom stereocenters. The monoisotopic (exact) mass is 229 g/mol. The second-order valence-electron chi connectivity index (χ2n) is 3.91. The molecule has 2 rings (SSSR count). The molecule has 1 saturated carbocycles. The molecule has 0 aromatic carbocycles. The van der Waals surface area contributed by atoms with Gasteiger partial charge in [-0.2, -0.15) is 0 Å². The van der Waals surface area contributed by atoms with E-state index in [0.717, 1.165) is 25.0 Å². The Morgan fingerprint density at radius 1 is 0.938 bits per heavy atom. The molecule has 2 heteroatoms. The molecule has 1 saturated heterocycles. The summed E-state index contributed by atoms with van der Waals surface area (Å²) < 4.78 is 0. The first-order valence-corrected chi connectivity index (χ1v) is 6.99. The standard InChI is InChI=1S/C6H13N.C4H6O.2C2H6/c1-6-2-4-7-5-3-6;5-3-4-1-2-4;2*1-2/h6-7H,2-5H2,1H3;3-4H,1-2H2;2*1-2H3. The van der Waals surface area contributed by atoms with Gasteiger partial charge in [0.15, 0.2) is 0 Å². The summed E-state index contributed by atoms with van der Waals surface area (Å²) in [6.07, 6.45) is 6.06. The van der Waals surface area contributed by atoms with E-state index in [4.69, 9.17) is 0 Å². The van der Waals surface area contributed by atoms with Crippen molar-refractivity contribution in [3.8, 4) is 0 Å². The fourth-order valence-electron chi connectivity index (χ4n) is 1.20. The van der Waals surface area contributed by atoms with Gasteiger partial charge in [-0.15, -0.1) is 0 Å². The lowest BCUT2D eigenvalue weighted by atomic mass is 10.0. The van der Waals surface area contributed by atoms with E-state index in [1.165, 1.54) is 25.9 Å². The van der Waals surface area contributed by atoms with Gasteiger partial charge < -0.3 is 10.1 Å². The normalized spacial score (nSPS) is 18.8. The number of aldehydes is 1. The molecular formula is C14H31NO. The Hall–Kier alpha value is -0.370. The van der Waals surface area contributed by atoms with Crippen LogP contribution in [0.4, 0.5) is 0 Å². The van der Waals surface area contributed by atoms with Gasteiger partial charge in [-0.1, -0.05) is 34.6 Å². The van der Waals surface area contributed by atoms with Gasteiger partial charge in [-0.05, 0) is 44.7 Å². The van der Waals surface area contributed by atoms with Gasteiger partial charge >= 0.3 is 0 Å². The zero-order valence-corrected chi connectivity index (χ0v) is 11.9. The predicted octanol–water partition coefficient (Wildman–Crippen LogP) is 3.65. The van der Waals surface area contributed by atoms with Crippen LogP contribution in [-0.4, -0.2) is 19.4 Å². The number of carbonyl (C=O) groups excluding carboxylic acids is 1. The predicted molar refractivity (Wildman–Crippen MR) is 72.8 cm³/mol. The highest BCUT2D eigenvalue weighted by Crippen LogP contribution is 2.25. The largest absolute Gasteiger partial charge is 0.317 e. The number of carbonyl (C=O) groups is 1. The van der Waals surface area contributed by atoms with Gasteiger partial charge in [-0.25, -0.2) is 0 Å². The van der Waals surface area contributed by atoms with E-state index < -0.39 is 0 Å². The van der Waals surface area contributed by atoms with E-state index in [0.29, 0.717) is 5.92 Å². The summed E-state index contributed by atoms with van der Waals surface area (Å²) in [5.74, 6) is 1.43. The van der Waals surface area contributed by atoms with Crippen molar-refractivity contribution in [2.24, 2.45) is 11.8 Å². The molecule has 2 aliphatic rings. The molecule has 0 atom stereocenters. The summed E-state index contributed by atoms with van der Waals surface area (Å²) >= 11 is 0. The van der Waals surface area contributed by atoms with Gasteiger partial charge in [0.2, 0.25) is 0 Å². The first kappa shape index (κ1) is 18.0. The van der Waals surface area contributed by atoms with Crippen LogP contribution in [0.1, 0.15) is 60.3 Å². The third-order valence-corrected chi connectivity index (χ3v) is 2.44. The first-order chi connectivity index (χ1) is 7.83. The molecule has 1 N–H and O–H groups in total. The molecule has 2 fully saturated rings. The van der Waals surface area contributed by atoms with Crippen LogP contribution in [0.2, 0.25) is 0 Å². The van der Waals surface area contributed by atoms with Crippen LogP contribution in [0.15, 0.2) is 0 Å². The zero-order valence-electron chi connectivity index (χ0n) is 11.9. The maximum absolute atomic E-state index is 9.57. The fraction of sp³-hybridized carbons (Fsp3) is 0.929. The molecule has 0 amide bonds. The van der Waals surface area contributed by atoms with E-state index in [-0.39, 0.29) is 0 Å². The van der Waals surface area contributed by atoms with Crippen molar-refractivity contribution in [1.29, 1.82) is 0 Å². The zero-order chi connectivity index (χ0) is 12.8. The second kappa shape index (κ2) is 14.6. The minimum absolute atomic E-state index is 0.454. The molecule has 0 radical (unpaired) electrons. The lowest BCUT2D eigenvalue weighted by Crippen LogP contribution is -2.26. The Bertz CT molecular complexity index is 127. The van der Waals surface area contributed by atoms with Crippen molar-refractivity contribution < 1.29 is 4.79 Å². The molecule has 98 valence electrons. The molecule has 1 heterocycles. The number of nitrogens with one attached hydrogen (secondary N) is 1. The van der Waals surface area contributed by atoms with Crippen molar-refractivity contribution >= 4 is 6.29 Å². The molecule has 16 heavy (non-hydrogen) atoms. The molecule has 0 bridgehead atoms. The van der Waals surface area contributed by atoms with E-state index in [1.807, 2.05) is 27.7 Å². The van der Waals surface area contributed by atoms with Crippen LogP contribution in [0.5, 0.6) is 0 Å². The van der Waals surface area contributed by atoms with Crippen molar-refractivity contribution in [3.63, 3.8) is 0 Å². The molecule has 1 aliphatic heterocycles. The van der Waals surface area contributed by atoms with Crippen LogP contribution in [-0.2, 0) is 4.79 Å². The van der Waals surface area contributed by atoms with Gasteiger partial charge in [-0.3, -0.25) is 0 Å². The maximum atomic E-state index is 9.57. The van der Waals surface area contributed by atoms with E-state index in [9.17, 15) is 4.79 Å².